The lowest BCUT2D eigenvalue weighted by Gasteiger charge is -2.52. The molecule has 2 atom stereocenters. The normalized spacial score (nSPS) is 19.2. The zero-order valence-corrected chi connectivity index (χ0v) is 20.0. The minimum absolute atomic E-state index is 0.201. The van der Waals surface area contributed by atoms with Crippen LogP contribution in [0.5, 0.6) is 5.75 Å². The Labute approximate surface area is 205 Å². The summed E-state index contributed by atoms with van der Waals surface area (Å²) in [6.07, 6.45) is 1.08. The van der Waals surface area contributed by atoms with Crippen molar-refractivity contribution in [3.8, 4) is 5.75 Å². The van der Waals surface area contributed by atoms with Crippen molar-refractivity contribution >= 4 is 11.9 Å². The molecule has 6 nitrogen and oxygen atoms in total. The minimum atomic E-state index is -0.932. The fourth-order valence-electron chi connectivity index (χ4n) is 4.74. The van der Waals surface area contributed by atoms with Crippen molar-refractivity contribution in [1.29, 1.82) is 0 Å². The molecular weight excluding hydrogens is 440 g/mol. The van der Waals surface area contributed by atoms with Gasteiger partial charge >= 0.3 is 6.03 Å². The van der Waals surface area contributed by atoms with Crippen LogP contribution in [0.2, 0.25) is 0 Å². The number of likely N-dealkylation sites (tertiary alicyclic amines) is 1. The van der Waals surface area contributed by atoms with Gasteiger partial charge in [-0.1, -0.05) is 79.4 Å². The molecule has 1 unspecified atom stereocenters. The van der Waals surface area contributed by atoms with Gasteiger partial charge < -0.3 is 15.2 Å². The Hall–Kier alpha value is -4.06. The van der Waals surface area contributed by atoms with E-state index in [9.17, 15) is 14.7 Å². The Morgan fingerprint density at radius 3 is 2.06 bits per heavy atom. The van der Waals surface area contributed by atoms with Crippen molar-refractivity contribution in [3.05, 3.63) is 114 Å². The quantitative estimate of drug-likeness (QED) is 0.341. The van der Waals surface area contributed by atoms with Crippen LogP contribution >= 0.6 is 0 Å². The second-order valence-electron chi connectivity index (χ2n) is 9.04. The molecule has 0 radical (unpaired) electrons. The number of rotatable bonds is 8. The SMILES string of the molecule is C=C(O)C1N(C(=O)NC(c2ccccc2)c2ccccc2)C(=O)[C@]1(C)CCc1ccc(OC)cc1. The summed E-state index contributed by atoms with van der Waals surface area (Å²) in [6.45, 7) is 5.46. The van der Waals surface area contributed by atoms with Crippen LogP contribution < -0.4 is 10.1 Å². The van der Waals surface area contributed by atoms with Crippen LogP contribution in [0, 0.1) is 5.41 Å². The maximum absolute atomic E-state index is 13.4. The molecule has 3 aromatic rings. The molecule has 0 aromatic heterocycles. The number of hydrogen-bond acceptors (Lipinski definition) is 4. The number of aliphatic hydroxyl groups is 1. The number of amides is 3. The highest BCUT2D eigenvalue weighted by Crippen LogP contribution is 2.45. The Morgan fingerprint density at radius 2 is 1.57 bits per heavy atom. The van der Waals surface area contributed by atoms with Gasteiger partial charge in [-0.15, -0.1) is 0 Å². The molecule has 0 saturated carbocycles. The van der Waals surface area contributed by atoms with E-state index in [1.807, 2.05) is 84.9 Å². The molecule has 0 spiro atoms. The molecule has 1 aliphatic heterocycles. The van der Waals surface area contributed by atoms with Gasteiger partial charge in [0.2, 0.25) is 5.91 Å². The smallest absolute Gasteiger partial charge is 0.325 e. The third-order valence-corrected chi connectivity index (χ3v) is 6.73. The summed E-state index contributed by atoms with van der Waals surface area (Å²) in [6, 6.07) is 25.0. The lowest BCUT2D eigenvalue weighted by molar-refractivity contribution is -0.162. The largest absolute Gasteiger partial charge is 0.511 e. The van der Waals surface area contributed by atoms with Crippen LogP contribution in [0.1, 0.15) is 36.1 Å². The van der Waals surface area contributed by atoms with Crippen LogP contribution in [0.15, 0.2) is 97.3 Å². The van der Waals surface area contributed by atoms with Crippen molar-refractivity contribution in [2.75, 3.05) is 7.11 Å². The molecular formula is C29H30N2O4. The highest BCUT2D eigenvalue weighted by atomic mass is 16.5. The van der Waals surface area contributed by atoms with Crippen LogP contribution in [0.3, 0.4) is 0 Å². The molecule has 1 saturated heterocycles. The number of carbonyl (C=O) groups is 2. The van der Waals surface area contributed by atoms with E-state index in [2.05, 4.69) is 11.9 Å². The molecule has 0 bridgehead atoms. The van der Waals surface area contributed by atoms with E-state index in [4.69, 9.17) is 4.74 Å². The van der Waals surface area contributed by atoms with Crippen molar-refractivity contribution < 1.29 is 19.4 Å². The van der Waals surface area contributed by atoms with Crippen LogP contribution in [0.4, 0.5) is 4.79 Å². The van der Waals surface area contributed by atoms with Gasteiger partial charge in [-0.2, -0.15) is 0 Å². The van der Waals surface area contributed by atoms with Crippen molar-refractivity contribution in [3.63, 3.8) is 0 Å². The topological polar surface area (TPSA) is 78.9 Å². The third kappa shape index (κ3) is 4.78. The van der Waals surface area contributed by atoms with Gasteiger partial charge in [-0.3, -0.25) is 9.69 Å². The Bertz CT molecular complexity index is 1150. The molecule has 1 aliphatic rings. The average molecular weight is 471 g/mol. The summed E-state index contributed by atoms with van der Waals surface area (Å²) in [5.74, 6) is 0.229. The molecule has 4 rings (SSSR count). The molecule has 3 amide bonds. The first kappa shape index (κ1) is 24.1. The first-order chi connectivity index (χ1) is 16.8. The molecule has 180 valence electrons. The van der Waals surface area contributed by atoms with E-state index in [1.165, 1.54) is 0 Å². The van der Waals surface area contributed by atoms with E-state index < -0.39 is 23.5 Å². The van der Waals surface area contributed by atoms with E-state index in [1.54, 1.807) is 14.0 Å². The standard InChI is InChI=1S/C29H30N2O4/c1-20(32)26-29(2,19-18-21-14-16-24(35-3)17-15-21)27(33)31(26)28(34)30-25(22-10-6-4-7-11-22)23-12-8-5-9-13-23/h4-17,25-26,32H,1,18-19H2,2-3H3,(H,30,34)/t26?,29-/m1/s1. The molecule has 1 fully saturated rings. The van der Waals surface area contributed by atoms with Gasteiger partial charge in [0.05, 0.1) is 18.6 Å². The average Bonchev–Trinajstić information content (AvgIpc) is 2.89. The summed E-state index contributed by atoms with van der Waals surface area (Å²) in [4.78, 5) is 27.8. The fraction of sp³-hybridized carbons (Fsp3) is 0.241. The van der Waals surface area contributed by atoms with Crippen LogP contribution in [-0.4, -0.2) is 35.1 Å². The van der Waals surface area contributed by atoms with E-state index in [0.29, 0.717) is 12.8 Å². The van der Waals surface area contributed by atoms with Crippen molar-refractivity contribution in [2.45, 2.75) is 31.8 Å². The number of aliphatic hydroxyl groups excluding tert-OH is 1. The van der Waals surface area contributed by atoms with Gasteiger partial charge in [0.15, 0.2) is 0 Å². The number of hydrogen-bond donors (Lipinski definition) is 2. The molecule has 35 heavy (non-hydrogen) atoms. The number of benzene rings is 3. The maximum atomic E-state index is 13.4. The molecule has 0 aliphatic carbocycles. The monoisotopic (exact) mass is 470 g/mol. The summed E-state index contributed by atoms with van der Waals surface area (Å²) in [7, 11) is 1.61. The minimum Gasteiger partial charge on any atom is -0.511 e. The first-order valence-electron chi connectivity index (χ1n) is 11.6. The summed E-state index contributed by atoms with van der Waals surface area (Å²) in [5.41, 5.74) is 1.89. The number of β-lactam (4-membered cyclic amide) rings is 1. The maximum Gasteiger partial charge on any atom is 0.325 e. The van der Waals surface area contributed by atoms with Gasteiger partial charge in [0.25, 0.3) is 0 Å². The zero-order valence-electron chi connectivity index (χ0n) is 20.0. The molecule has 2 N–H and O–H groups in total. The molecule has 1 heterocycles. The number of aryl methyl sites for hydroxylation is 1. The fourth-order valence-corrected chi connectivity index (χ4v) is 4.74. The number of methoxy groups -OCH3 is 1. The third-order valence-electron chi connectivity index (χ3n) is 6.73. The predicted molar refractivity (Wildman–Crippen MR) is 135 cm³/mol. The van der Waals surface area contributed by atoms with Crippen molar-refractivity contribution in [2.24, 2.45) is 5.41 Å². The Balaban J connectivity index is 1.52. The summed E-state index contributed by atoms with van der Waals surface area (Å²) in [5, 5.41) is 13.4. The second-order valence-corrected chi connectivity index (χ2v) is 9.04. The Kier molecular flexibility index (Phi) is 6.92. The summed E-state index contributed by atoms with van der Waals surface area (Å²) >= 11 is 0. The molecule has 3 aromatic carbocycles. The number of carbonyl (C=O) groups excluding carboxylic acids is 2. The van der Waals surface area contributed by atoms with Gasteiger partial charge in [0, 0.05) is 0 Å². The van der Waals surface area contributed by atoms with Gasteiger partial charge in [-0.05, 0) is 48.6 Å². The number of nitrogens with zero attached hydrogens (tertiary/aromatic N) is 1. The highest BCUT2D eigenvalue weighted by Gasteiger charge is 2.61. The number of urea groups is 1. The van der Waals surface area contributed by atoms with E-state index in [0.717, 1.165) is 27.3 Å². The molecule has 6 heteroatoms. The van der Waals surface area contributed by atoms with Gasteiger partial charge in [0.1, 0.15) is 17.6 Å². The van der Waals surface area contributed by atoms with Crippen LogP contribution in [0.25, 0.3) is 0 Å². The number of ether oxygens (including phenoxy) is 1. The predicted octanol–water partition coefficient (Wildman–Crippen LogP) is 5.42. The lowest BCUT2D eigenvalue weighted by Crippen LogP contribution is -2.71. The van der Waals surface area contributed by atoms with Crippen molar-refractivity contribution in [1.82, 2.24) is 10.2 Å². The summed E-state index contributed by atoms with van der Waals surface area (Å²) < 4.78 is 5.20. The first-order valence-corrected chi connectivity index (χ1v) is 11.6. The Morgan fingerprint density at radius 1 is 1.03 bits per heavy atom. The van der Waals surface area contributed by atoms with E-state index in [-0.39, 0.29) is 11.7 Å². The highest BCUT2D eigenvalue weighted by molar-refractivity contribution is 6.04. The number of nitrogens with one attached hydrogen (secondary N) is 1. The van der Waals surface area contributed by atoms with Gasteiger partial charge in [-0.25, -0.2) is 4.79 Å². The zero-order chi connectivity index (χ0) is 25.0. The van der Waals surface area contributed by atoms with E-state index >= 15 is 0 Å². The second kappa shape index (κ2) is 10.1. The lowest BCUT2D eigenvalue weighted by atomic mass is 9.68. The number of imide groups is 1. The van der Waals surface area contributed by atoms with Crippen LogP contribution in [-0.2, 0) is 11.2 Å².